The quantitative estimate of drug-likeness (QED) is 0.0623. The number of benzene rings is 2. The molecule has 1 aliphatic rings. The highest BCUT2D eigenvalue weighted by atomic mass is 32.2. The van der Waals surface area contributed by atoms with Crippen molar-refractivity contribution >= 4 is 65.8 Å². The number of halogens is 2. The van der Waals surface area contributed by atoms with Crippen LogP contribution in [0.15, 0.2) is 41.4 Å². The zero-order valence-electron chi connectivity index (χ0n) is 36.2. The van der Waals surface area contributed by atoms with Gasteiger partial charge in [0.1, 0.15) is 22.3 Å². The highest BCUT2D eigenvalue weighted by Crippen LogP contribution is 2.47. The van der Waals surface area contributed by atoms with Crippen LogP contribution in [-0.2, 0) is 19.2 Å². The number of hydrogen-bond donors (Lipinski definition) is 6. The number of carboxylic acids is 3. The predicted molar refractivity (Wildman–Crippen MR) is 238 cm³/mol. The Labute approximate surface area is 358 Å². The molecule has 0 saturated carbocycles. The molecule has 0 bridgehead atoms. The predicted octanol–water partition coefficient (Wildman–Crippen LogP) is 7.15. The molecule has 1 amide bonds. The first-order valence-electron chi connectivity index (χ1n) is 19.5. The Morgan fingerprint density at radius 2 is 1.39 bits per heavy atom. The van der Waals surface area contributed by atoms with Gasteiger partial charge >= 0.3 is 17.9 Å². The lowest BCUT2D eigenvalue weighted by Gasteiger charge is -2.29. The van der Waals surface area contributed by atoms with Gasteiger partial charge < -0.3 is 40.7 Å². The van der Waals surface area contributed by atoms with E-state index < -0.39 is 40.2 Å². The van der Waals surface area contributed by atoms with E-state index in [4.69, 9.17) is 10.2 Å². The van der Waals surface area contributed by atoms with Crippen LogP contribution in [0, 0.1) is 22.5 Å². The van der Waals surface area contributed by atoms with Gasteiger partial charge in [0.25, 0.3) is 0 Å². The number of hydrogen-bond acceptors (Lipinski definition) is 11. The highest BCUT2D eigenvalue weighted by molar-refractivity contribution is 8.01. The largest absolute Gasteiger partial charge is 0.481 e. The number of carbonyl (C=O) groups excluding carboxylic acids is 1. The van der Waals surface area contributed by atoms with E-state index in [1.807, 2.05) is 45.2 Å². The summed E-state index contributed by atoms with van der Waals surface area (Å²) in [4.78, 5) is 54.1. The van der Waals surface area contributed by atoms with Crippen LogP contribution < -0.4 is 10.6 Å². The second-order valence-corrected chi connectivity index (χ2v) is 19.0. The summed E-state index contributed by atoms with van der Waals surface area (Å²) < 4.78 is 28.6. The molecule has 2 aromatic rings. The second kappa shape index (κ2) is 25.6. The van der Waals surface area contributed by atoms with Gasteiger partial charge in [-0.3, -0.25) is 24.2 Å². The van der Waals surface area contributed by atoms with Crippen molar-refractivity contribution in [3.05, 3.63) is 59.2 Å². The summed E-state index contributed by atoms with van der Waals surface area (Å²) >= 11 is 4.78. The summed E-state index contributed by atoms with van der Waals surface area (Å²) in [6.45, 7) is 17.0. The van der Waals surface area contributed by atoms with Gasteiger partial charge in [0, 0.05) is 56.6 Å². The van der Waals surface area contributed by atoms with E-state index in [0.717, 1.165) is 38.0 Å². The van der Waals surface area contributed by atoms with Gasteiger partial charge in [-0.25, -0.2) is 8.78 Å². The van der Waals surface area contributed by atoms with E-state index in [2.05, 4.69) is 74.7 Å². The van der Waals surface area contributed by atoms with Crippen LogP contribution in [0.1, 0.15) is 83.7 Å². The maximum atomic E-state index is 14.7. The van der Waals surface area contributed by atoms with E-state index in [-0.39, 0.29) is 34.8 Å². The molecule has 1 fully saturated rings. The van der Waals surface area contributed by atoms with Gasteiger partial charge in [-0.15, -0.1) is 11.8 Å². The zero-order valence-corrected chi connectivity index (χ0v) is 37.9. The van der Waals surface area contributed by atoms with Crippen LogP contribution in [0.25, 0.3) is 0 Å². The smallest absolute Gasteiger partial charge is 0.316 e. The van der Waals surface area contributed by atoms with E-state index in [1.165, 1.54) is 23.9 Å². The first-order chi connectivity index (χ1) is 27.3. The summed E-state index contributed by atoms with van der Waals surface area (Å²) in [5.41, 5.74) is 2.71. The number of rotatable bonds is 19. The van der Waals surface area contributed by atoms with Crippen molar-refractivity contribution < 1.29 is 43.3 Å². The van der Waals surface area contributed by atoms with Crippen LogP contribution in [0.2, 0.25) is 0 Å². The Morgan fingerprint density at radius 3 is 1.86 bits per heavy atom. The molecule has 1 aliphatic heterocycles. The Hall–Kier alpha value is -3.93. The molecule has 3 atom stereocenters. The molecule has 1 heterocycles. The van der Waals surface area contributed by atoms with Gasteiger partial charge in [-0.2, -0.15) is 12.6 Å². The lowest BCUT2D eigenvalue weighted by atomic mass is 9.92. The number of nitrogens with zero attached hydrogens (tertiary/aromatic N) is 4. The van der Waals surface area contributed by atoms with Crippen LogP contribution in [0.5, 0.6) is 0 Å². The van der Waals surface area contributed by atoms with Crippen LogP contribution in [0.4, 0.5) is 20.2 Å². The molecule has 3 rings (SSSR count). The maximum Gasteiger partial charge on any atom is 0.316 e. The van der Waals surface area contributed by atoms with Crippen molar-refractivity contribution in [3.8, 4) is 0 Å². The first-order valence-corrected chi connectivity index (χ1v) is 20.9. The third-order valence-corrected chi connectivity index (χ3v) is 10.4. The minimum atomic E-state index is -1.21. The topological polar surface area (TPSA) is 175 Å². The molecule has 2 aromatic carbocycles. The summed E-state index contributed by atoms with van der Waals surface area (Å²) in [7, 11) is 7.89. The first kappa shape index (κ1) is 53.1. The summed E-state index contributed by atoms with van der Waals surface area (Å²) in [6.07, 6.45) is 2.88. The molecule has 0 radical (unpaired) electrons. The number of amides is 1. The SMILES string of the molecule is CN(C)CCNc1c(F)cccc1C1S[C@H](CC(=O)O)C(=O)N1CCC(C)(C)C.CN(C)CCNc1c(F)cccc1C=NCCC(C)(C)C.O=C(O)C[C@H](S)C(=O)O. The minimum Gasteiger partial charge on any atom is -0.481 e. The van der Waals surface area contributed by atoms with Crippen LogP contribution in [-0.4, -0.2) is 138 Å². The number of thioether (sulfide) groups is 1. The van der Waals surface area contributed by atoms with Crippen molar-refractivity contribution in [2.75, 3.05) is 78.1 Å². The molecular weight excluding hydrogens is 803 g/mol. The lowest BCUT2D eigenvalue weighted by Crippen LogP contribution is -2.34. The average Bonchev–Trinajstić information content (AvgIpc) is 3.40. The molecule has 17 heteroatoms. The molecular formula is C42H66F2N6O7S2. The van der Waals surface area contributed by atoms with Gasteiger partial charge in [-0.05, 0) is 64.0 Å². The number of aliphatic imine (C=N–C) groups is 1. The standard InChI is InChI=1S/C21H32FN3O3S.C17H28FN3.C4H6O4S/c1-21(2,3)9-11-25-19(28)16(13-17(26)27)29-20(25)14-7-6-8-15(22)18(14)23-10-12-24(4)5;1-17(2,3)9-10-19-13-14-7-6-8-15(18)16(14)20-11-12-21(4)5;5-3(6)1-2(9)4(7)8/h6-8,16,20,23H,9-13H2,1-5H3,(H,26,27);6-8,13,20H,9-12H2,1-5H3;2,9H,1H2,(H,5,6)(H,7,8)/t16-,20?;;2-/m1.0/s1. The molecule has 0 aromatic heterocycles. The van der Waals surface area contributed by atoms with E-state index >= 15 is 0 Å². The van der Waals surface area contributed by atoms with Crippen molar-refractivity contribution in [1.29, 1.82) is 0 Å². The molecule has 13 nitrogen and oxygen atoms in total. The second-order valence-electron chi connectivity index (χ2n) is 17.1. The fraction of sp³-hybridized carbons (Fsp3) is 0.595. The number of carbonyl (C=O) groups is 4. The summed E-state index contributed by atoms with van der Waals surface area (Å²) in [5.74, 6) is -4.15. The molecule has 0 spiro atoms. The van der Waals surface area contributed by atoms with Crippen LogP contribution >= 0.6 is 24.4 Å². The normalized spacial score (nSPS) is 16.1. The van der Waals surface area contributed by atoms with E-state index in [1.54, 1.807) is 23.2 Å². The monoisotopic (exact) mass is 868 g/mol. The minimum absolute atomic E-state index is 0.0229. The van der Waals surface area contributed by atoms with E-state index in [0.29, 0.717) is 36.6 Å². The fourth-order valence-electron chi connectivity index (χ4n) is 5.20. The van der Waals surface area contributed by atoms with E-state index in [9.17, 15) is 33.1 Å². The Bertz CT molecular complexity index is 1690. The molecule has 1 unspecified atom stereocenters. The van der Waals surface area contributed by atoms with Crippen molar-refractivity contribution in [3.63, 3.8) is 0 Å². The van der Waals surface area contributed by atoms with Crippen molar-refractivity contribution in [2.45, 2.75) is 83.1 Å². The number of carboxylic acid groups (broad SMARTS) is 3. The van der Waals surface area contributed by atoms with Gasteiger partial charge in [0.15, 0.2) is 0 Å². The van der Waals surface area contributed by atoms with Gasteiger partial charge in [0.05, 0.1) is 29.5 Å². The average molecular weight is 869 g/mol. The fourth-order valence-corrected chi connectivity index (χ4v) is 6.86. The molecule has 59 heavy (non-hydrogen) atoms. The number of para-hydroxylation sites is 2. The molecule has 1 saturated heterocycles. The Balaban J connectivity index is 0.000000505. The Kier molecular flexibility index (Phi) is 23.1. The number of thiol groups is 1. The maximum absolute atomic E-state index is 14.7. The number of aliphatic carboxylic acids is 3. The van der Waals surface area contributed by atoms with Crippen molar-refractivity contribution in [1.82, 2.24) is 14.7 Å². The molecule has 0 aliphatic carbocycles. The summed E-state index contributed by atoms with van der Waals surface area (Å²) in [5, 5.41) is 29.5. The number of anilines is 2. The van der Waals surface area contributed by atoms with Crippen LogP contribution in [0.3, 0.4) is 0 Å². The summed E-state index contributed by atoms with van der Waals surface area (Å²) in [6, 6.07) is 9.94. The number of nitrogens with one attached hydrogen (secondary N) is 2. The van der Waals surface area contributed by atoms with Gasteiger partial charge in [0.2, 0.25) is 5.91 Å². The molecule has 5 N–H and O–H groups in total. The lowest BCUT2D eigenvalue weighted by molar-refractivity contribution is -0.142. The van der Waals surface area contributed by atoms with Crippen molar-refractivity contribution in [2.24, 2.45) is 15.8 Å². The highest BCUT2D eigenvalue weighted by Gasteiger charge is 2.43. The third kappa shape index (κ3) is 21.8. The van der Waals surface area contributed by atoms with Gasteiger partial charge in [-0.1, -0.05) is 65.8 Å². The number of likely N-dealkylation sites (N-methyl/N-ethyl adjacent to an activating group) is 2. The third-order valence-electron chi connectivity index (χ3n) is 8.55. The zero-order chi connectivity index (χ0) is 45.1. The Morgan fingerprint density at radius 1 is 0.864 bits per heavy atom. The molecule has 332 valence electrons.